The van der Waals surface area contributed by atoms with E-state index < -0.39 is 0 Å². The summed E-state index contributed by atoms with van der Waals surface area (Å²) in [6.07, 6.45) is 6.81. The molecule has 0 amide bonds. The van der Waals surface area contributed by atoms with Crippen molar-refractivity contribution in [2.45, 2.75) is 43.9 Å². The van der Waals surface area contributed by atoms with Gasteiger partial charge in [0.05, 0.1) is 0 Å². The third-order valence-corrected chi connectivity index (χ3v) is 9.82. The van der Waals surface area contributed by atoms with Crippen LogP contribution in [0.15, 0.2) is 121 Å². The molecule has 40 heavy (non-hydrogen) atoms. The monoisotopic (exact) mass is 517 g/mol. The van der Waals surface area contributed by atoms with Crippen LogP contribution in [0.25, 0.3) is 33.4 Å². The smallest absolute Gasteiger partial charge is 0.0463 e. The van der Waals surface area contributed by atoms with Crippen LogP contribution in [0.3, 0.4) is 0 Å². The van der Waals surface area contributed by atoms with Gasteiger partial charge in [-0.2, -0.15) is 0 Å². The Morgan fingerprint density at radius 2 is 1.02 bits per heavy atom. The van der Waals surface area contributed by atoms with Gasteiger partial charge in [0.1, 0.15) is 0 Å². The van der Waals surface area contributed by atoms with Gasteiger partial charge in [0, 0.05) is 16.9 Å². The molecule has 0 heterocycles. The van der Waals surface area contributed by atoms with Crippen LogP contribution in [0, 0.1) is 11.8 Å². The lowest BCUT2D eigenvalue weighted by Gasteiger charge is -2.42. The van der Waals surface area contributed by atoms with E-state index in [1.807, 2.05) is 0 Å². The largest absolute Gasteiger partial charge is 0.355 e. The number of nitrogens with one attached hydrogen (secondary N) is 1. The van der Waals surface area contributed by atoms with Crippen molar-refractivity contribution in [2.75, 3.05) is 5.32 Å². The molecule has 9 rings (SSSR count). The molecule has 2 saturated carbocycles. The van der Waals surface area contributed by atoms with E-state index >= 15 is 0 Å². The molecule has 0 aliphatic heterocycles. The second-order valence-electron chi connectivity index (χ2n) is 12.3. The molecular formula is C39H35N. The molecule has 196 valence electrons. The maximum Gasteiger partial charge on any atom is 0.0463 e. The first-order valence-corrected chi connectivity index (χ1v) is 15.0. The predicted octanol–water partition coefficient (Wildman–Crippen LogP) is 10.8. The fourth-order valence-electron chi connectivity index (χ4n) is 8.27. The van der Waals surface area contributed by atoms with Crippen molar-refractivity contribution >= 4 is 11.4 Å². The lowest BCUT2D eigenvalue weighted by molar-refractivity contribution is 0.153. The Bertz CT molecular complexity index is 1670. The lowest BCUT2D eigenvalue weighted by Crippen LogP contribution is -2.29. The quantitative estimate of drug-likeness (QED) is 0.250. The molecule has 5 aromatic rings. The predicted molar refractivity (Wildman–Crippen MR) is 168 cm³/mol. The van der Waals surface area contributed by atoms with Crippen molar-refractivity contribution in [3.8, 4) is 33.4 Å². The fourth-order valence-corrected chi connectivity index (χ4v) is 8.27. The van der Waals surface area contributed by atoms with Gasteiger partial charge < -0.3 is 5.32 Å². The van der Waals surface area contributed by atoms with Gasteiger partial charge in [-0.25, -0.2) is 0 Å². The summed E-state index contributed by atoms with van der Waals surface area (Å²) in [5.41, 5.74) is 13.5. The van der Waals surface area contributed by atoms with Crippen molar-refractivity contribution in [1.82, 2.24) is 0 Å². The van der Waals surface area contributed by atoms with Gasteiger partial charge in [-0.1, -0.05) is 103 Å². The van der Waals surface area contributed by atoms with Gasteiger partial charge in [0.15, 0.2) is 0 Å². The Morgan fingerprint density at radius 3 is 1.88 bits per heavy atom. The minimum Gasteiger partial charge on any atom is -0.355 e. The molecule has 2 atom stereocenters. The molecule has 1 N–H and O–H groups in total. The van der Waals surface area contributed by atoms with Gasteiger partial charge in [0.2, 0.25) is 0 Å². The molecule has 4 bridgehead atoms. The lowest BCUT2D eigenvalue weighted by atomic mass is 9.63. The summed E-state index contributed by atoms with van der Waals surface area (Å²) in [5.74, 6) is 3.02. The van der Waals surface area contributed by atoms with Crippen LogP contribution in [0.4, 0.5) is 11.4 Å². The van der Waals surface area contributed by atoms with Crippen LogP contribution in [0.5, 0.6) is 0 Å². The molecule has 1 nitrogen and oxygen atoms in total. The third-order valence-electron chi connectivity index (χ3n) is 9.82. The Balaban J connectivity index is 1.24. The Kier molecular flexibility index (Phi) is 5.83. The fraction of sp³-hybridized carbons (Fsp3) is 0.231. The van der Waals surface area contributed by atoms with E-state index in [0.29, 0.717) is 11.8 Å². The summed E-state index contributed by atoms with van der Waals surface area (Å²) < 4.78 is 0. The van der Waals surface area contributed by atoms with Crippen molar-refractivity contribution in [1.29, 1.82) is 0 Å². The van der Waals surface area contributed by atoms with Crippen LogP contribution in [0.2, 0.25) is 0 Å². The van der Waals surface area contributed by atoms with E-state index in [-0.39, 0.29) is 0 Å². The molecular weight excluding hydrogens is 482 g/mol. The molecule has 1 heteroatoms. The summed E-state index contributed by atoms with van der Waals surface area (Å²) >= 11 is 0. The highest BCUT2D eigenvalue weighted by Crippen LogP contribution is 2.56. The summed E-state index contributed by atoms with van der Waals surface area (Å²) in [4.78, 5) is 0. The van der Waals surface area contributed by atoms with Crippen molar-refractivity contribution in [3.05, 3.63) is 132 Å². The summed E-state index contributed by atoms with van der Waals surface area (Å²) in [6, 6.07) is 44.7. The first kappa shape index (κ1) is 23.8. The van der Waals surface area contributed by atoms with Gasteiger partial charge in [0.25, 0.3) is 0 Å². The van der Waals surface area contributed by atoms with Crippen LogP contribution >= 0.6 is 0 Å². The minimum atomic E-state index is 0.614. The SMILES string of the molecule is c1ccc(-c2cccc(-c3ccccc3Nc3cccc4c3C3CC5CC(CC(C5)c5ccccc5-4)C3)c2)cc1. The van der Waals surface area contributed by atoms with Crippen LogP contribution in [0.1, 0.15) is 55.1 Å². The second kappa shape index (κ2) is 9.82. The first-order valence-electron chi connectivity index (χ1n) is 15.0. The zero-order valence-corrected chi connectivity index (χ0v) is 22.9. The second-order valence-corrected chi connectivity index (χ2v) is 12.3. The molecule has 0 aromatic heterocycles. The number of benzene rings is 5. The number of anilines is 2. The standard InChI is InChI=1S/C39H35N/c1-2-10-28(11-3-1)29-12-8-13-30(25-29)34-15-6-7-18-37(34)40-38-19-9-17-36-35-16-5-4-14-33(35)31-21-26-20-27(22-31)24-32(23-26)39(36)38/h1-19,25-27,31-32,40H,20-24H2. The van der Waals surface area contributed by atoms with E-state index in [1.54, 1.807) is 11.1 Å². The molecule has 4 aliphatic rings. The van der Waals surface area contributed by atoms with Crippen LogP contribution < -0.4 is 5.32 Å². The van der Waals surface area contributed by atoms with E-state index in [1.165, 1.54) is 76.9 Å². The highest BCUT2D eigenvalue weighted by atomic mass is 14.9. The zero-order chi connectivity index (χ0) is 26.5. The Hall–Kier alpha value is -4.10. The van der Waals surface area contributed by atoms with Crippen LogP contribution in [-0.2, 0) is 0 Å². The third kappa shape index (κ3) is 4.16. The van der Waals surface area contributed by atoms with E-state index in [4.69, 9.17) is 0 Å². The number of hydrogen-bond acceptors (Lipinski definition) is 1. The number of hydrogen-bond donors (Lipinski definition) is 1. The van der Waals surface area contributed by atoms with Crippen molar-refractivity contribution in [3.63, 3.8) is 0 Å². The van der Waals surface area contributed by atoms with Crippen molar-refractivity contribution in [2.24, 2.45) is 11.8 Å². The molecule has 5 aromatic carbocycles. The first-order chi connectivity index (χ1) is 19.8. The van der Waals surface area contributed by atoms with Gasteiger partial charge in [-0.15, -0.1) is 0 Å². The maximum atomic E-state index is 3.99. The van der Waals surface area contributed by atoms with E-state index in [0.717, 1.165) is 11.8 Å². The average molecular weight is 518 g/mol. The van der Waals surface area contributed by atoms with Crippen LogP contribution in [-0.4, -0.2) is 0 Å². The highest BCUT2D eigenvalue weighted by Gasteiger charge is 2.40. The number of para-hydroxylation sites is 1. The van der Waals surface area contributed by atoms with E-state index in [2.05, 4.69) is 127 Å². The molecule has 2 fully saturated rings. The molecule has 0 spiro atoms. The molecule has 4 aliphatic carbocycles. The molecule has 0 radical (unpaired) electrons. The van der Waals surface area contributed by atoms with Gasteiger partial charge >= 0.3 is 0 Å². The zero-order valence-electron chi connectivity index (χ0n) is 22.9. The van der Waals surface area contributed by atoms with Gasteiger partial charge in [-0.3, -0.25) is 0 Å². The topological polar surface area (TPSA) is 12.0 Å². The average Bonchev–Trinajstić information content (AvgIpc) is 3.07. The minimum absolute atomic E-state index is 0.614. The normalized spacial score (nSPS) is 22.5. The molecule has 0 saturated heterocycles. The maximum absolute atomic E-state index is 3.99. The Morgan fingerprint density at radius 1 is 0.425 bits per heavy atom. The van der Waals surface area contributed by atoms with Crippen molar-refractivity contribution < 1.29 is 0 Å². The Labute approximate surface area is 237 Å². The van der Waals surface area contributed by atoms with Gasteiger partial charge in [-0.05, 0) is 113 Å². The van der Waals surface area contributed by atoms with E-state index in [9.17, 15) is 0 Å². The summed E-state index contributed by atoms with van der Waals surface area (Å²) in [5, 5.41) is 3.99. The highest BCUT2D eigenvalue weighted by molar-refractivity contribution is 5.86. The number of rotatable bonds is 4. The molecule has 2 unspecified atom stereocenters. The summed E-state index contributed by atoms with van der Waals surface area (Å²) in [6.45, 7) is 0. The summed E-state index contributed by atoms with van der Waals surface area (Å²) in [7, 11) is 0.